The lowest BCUT2D eigenvalue weighted by molar-refractivity contribution is 0.488. The zero-order valence-corrected chi connectivity index (χ0v) is 9.78. The number of thioether (sulfide) groups is 1. The molecule has 0 atom stereocenters. The van der Waals surface area contributed by atoms with E-state index in [1.54, 1.807) is 11.8 Å². The van der Waals surface area contributed by atoms with Gasteiger partial charge in [-0.15, -0.1) is 0 Å². The molecule has 0 aliphatic carbocycles. The summed E-state index contributed by atoms with van der Waals surface area (Å²) < 4.78 is 3.45. The predicted molar refractivity (Wildman–Crippen MR) is 58.4 cm³/mol. The van der Waals surface area contributed by atoms with Gasteiger partial charge in [-0.1, -0.05) is 11.8 Å². The van der Waals surface area contributed by atoms with Crippen LogP contribution in [0.4, 0.5) is 0 Å². The fourth-order valence-corrected chi connectivity index (χ4v) is 2.87. The Morgan fingerprint density at radius 1 is 1.67 bits per heavy atom. The number of halogens is 1. The first-order valence-electron chi connectivity index (χ1n) is 3.82. The molecule has 0 radical (unpaired) electrons. The molecule has 0 saturated carbocycles. The number of nitrogens with zero attached hydrogens (tertiary/aromatic N) is 2. The SMILES string of the molecule is CSc1nc(I)c2n1CCNC2. The Kier molecular flexibility index (Phi) is 2.61. The maximum Gasteiger partial charge on any atom is 0.169 e. The minimum atomic E-state index is 0.964. The Labute approximate surface area is 89.5 Å². The molecule has 12 heavy (non-hydrogen) atoms. The van der Waals surface area contributed by atoms with Crippen LogP contribution in [-0.2, 0) is 13.1 Å². The summed E-state index contributed by atoms with van der Waals surface area (Å²) in [6.07, 6.45) is 2.08. The molecule has 2 rings (SSSR count). The molecule has 0 bridgehead atoms. The second-order valence-electron chi connectivity index (χ2n) is 2.66. The standard InChI is InChI=1S/C7H10IN3S/c1-12-7-10-6(8)5-4-9-2-3-11(5)7/h9H,2-4H2,1H3. The van der Waals surface area contributed by atoms with Gasteiger partial charge < -0.3 is 9.88 Å². The monoisotopic (exact) mass is 295 g/mol. The second kappa shape index (κ2) is 3.55. The summed E-state index contributed by atoms with van der Waals surface area (Å²) in [6.45, 7) is 3.08. The normalized spacial score (nSPS) is 16.2. The van der Waals surface area contributed by atoms with Crippen molar-refractivity contribution in [2.45, 2.75) is 18.2 Å². The summed E-state index contributed by atoms with van der Waals surface area (Å²) in [5, 5.41) is 4.49. The molecule has 0 amide bonds. The van der Waals surface area contributed by atoms with Crippen molar-refractivity contribution in [3.05, 3.63) is 9.39 Å². The fraction of sp³-hybridized carbons (Fsp3) is 0.571. The van der Waals surface area contributed by atoms with Crippen LogP contribution < -0.4 is 5.32 Å². The Morgan fingerprint density at radius 2 is 2.50 bits per heavy atom. The number of nitrogens with one attached hydrogen (secondary N) is 1. The molecule has 0 aromatic carbocycles. The van der Waals surface area contributed by atoms with Crippen molar-refractivity contribution in [2.75, 3.05) is 12.8 Å². The van der Waals surface area contributed by atoms with Crippen LogP contribution in [-0.4, -0.2) is 22.4 Å². The maximum absolute atomic E-state index is 4.48. The molecule has 5 heteroatoms. The van der Waals surface area contributed by atoms with Crippen molar-refractivity contribution in [3.8, 4) is 0 Å². The van der Waals surface area contributed by atoms with Gasteiger partial charge in [-0.3, -0.25) is 0 Å². The van der Waals surface area contributed by atoms with Gasteiger partial charge in [-0.2, -0.15) is 0 Å². The molecule has 0 spiro atoms. The summed E-state index contributed by atoms with van der Waals surface area (Å²) in [5.74, 6) is 0. The van der Waals surface area contributed by atoms with Crippen LogP contribution >= 0.6 is 34.4 Å². The highest BCUT2D eigenvalue weighted by atomic mass is 127. The smallest absolute Gasteiger partial charge is 0.169 e. The molecule has 1 aliphatic rings. The van der Waals surface area contributed by atoms with Gasteiger partial charge in [-0.25, -0.2) is 4.98 Å². The van der Waals surface area contributed by atoms with E-state index < -0.39 is 0 Å². The molecule has 3 nitrogen and oxygen atoms in total. The van der Waals surface area contributed by atoms with Crippen molar-refractivity contribution in [2.24, 2.45) is 0 Å². The number of rotatable bonds is 1. The van der Waals surface area contributed by atoms with E-state index in [1.807, 2.05) is 0 Å². The topological polar surface area (TPSA) is 29.9 Å². The average molecular weight is 295 g/mol. The van der Waals surface area contributed by atoms with Gasteiger partial charge in [0.25, 0.3) is 0 Å². The molecule has 1 aromatic heterocycles. The van der Waals surface area contributed by atoms with E-state index in [4.69, 9.17) is 0 Å². The van der Waals surface area contributed by atoms with Crippen molar-refractivity contribution in [1.29, 1.82) is 0 Å². The van der Waals surface area contributed by atoms with E-state index in [0.29, 0.717) is 0 Å². The largest absolute Gasteiger partial charge is 0.320 e. The Bertz CT molecular complexity index is 297. The van der Waals surface area contributed by atoms with E-state index in [-0.39, 0.29) is 0 Å². The van der Waals surface area contributed by atoms with Crippen LogP contribution in [0.5, 0.6) is 0 Å². The third-order valence-corrected chi connectivity index (χ3v) is 3.52. The van der Waals surface area contributed by atoms with Crippen LogP contribution in [0.2, 0.25) is 0 Å². The molecule has 0 saturated heterocycles. The summed E-state index contributed by atoms with van der Waals surface area (Å²) in [4.78, 5) is 4.48. The minimum Gasteiger partial charge on any atom is -0.320 e. The number of aromatic nitrogens is 2. The first kappa shape index (κ1) is 8.83. The van der Waals surface area contributed by atoms with E-state index in [1.165, 1.54) is 5.69 Å². The van der Waals surface area contributed by atoms with Gasteiger partial charge in [0.2, 0.25) is 0 Å². The summed E-state index contributed by atoms with van der Waals surface area (Å²) in [6, 6.07) is 0. The Balaban J connectivity index is 2.47. The summed E-state index contributed by atoms with van der Waals surface area (Å²) in [7, 11) is 0. The molecule has 1 aliphatic heterocycles. The first-order chi connectivity index (χ1) is 5.83. The zero-order chi connectivity index (χ0) is 8.55. The third kappa shape index (κ3) is 1.38. The lowest BCUT2D eigenvalue weighted by Gasteiger charge is -2.17. The van der Waals surface area contributed by atoms with E-state index in [2.05, 4.69) is 43.7 Å². The van der Waals surface area contributed by atoms with Crippen LogP contribution in [0.3, 0.4) is 0 Å². The fourth-order valence-electron chi connectivity index (χ4n) is 1.39. The lowest BCUT2D eigenvalue weighted by Crippen LogP contribution is -2.28. The second-order valence-corrected chi connectivity index (χ2v) is 4.46. The highest BCUT2D eigenvalue weighted by Gasteiger charge is 2.16. The van der Waals surface area contributed by atoms with Crippen LogP contribution in [0.15, 0.2) is 5.16 Å². The average Bonchev–Trinajstić information content (AvgIpc) is 2.44. The molecule has 1 N–H and O–H groups in total. The predicted octanol–water partition coefficient (Wildman–Crippen LogP) is 1.31. The van der Waals surface area contributed by atoms with Gasteiger partial charge in [0, 0.05) is 19.6 Å². The van der Waals surface area contributed by atoms with Crippen molar-refractivity contribution < 1.29 is 0 Å². The molecule has 0 unspecified atom stereocenters. The maximum atomic E-state index is 4.48. The quantitative estimate of drug-likeness (QED) is 0.626. The Morgan fingerprint density at radius 3 is 3.25 bits per heavy atom. The zero-order valence-electron chi connectivity index (χ0n) is 6.80. The third-order valence-electron chi connectivity index (χ3n) is 1.98. The lowest BCUT2D eigenvalue weighted by atomic mass is 10.4. The molecule has 1 aromatic rings. The van der Waals surface area contributed by atoms with Crippen molar-refractivity contribution >= 4 is 34.4 Å². The number of imidazole rings is 1. The van der Waals surface area contributed by atoms with Gasteiger partial charge in [0.15, 0.2) is 5.16 Å². The van der Waals surface area contributed by atoms with Gasteiger partial charge in [-0.05, 0) is 28.8 Å². The molecule has 0 fully saturated rings. The van der Waals surface area contributed by atoms with Gasteiger partial charge >= 0.3 is 0 Å². The highest BCUT2D eigenvalue weighted by molar-refractivity contribution is 14.1. The molecular weight excluding hydrogens is 285 g/mol. The number of fused-ring (bicyclic) bond motifs is 1. The molecule has 66 valence electrons. The minimum absolute atomic E-state index is 0.964. The van der Waals surface area contributed by atoms with Crippen molar-refractivity contribution in [3.63, 3.8) is 0 Å². The van der Waals surface area contributed by atoms with E-state index in [0.717, 1.165) is 28.5 Å². The van der Waals surface area contributed by atoms with E-state index in [9.17, 15) is 0 Å². The highest BCUT2D eigenvalue weighted by Crippen LogP contribution is 2.22. The van der Waals surface area contributed by atoms with Crippen LogP contribution in [0.25, 0.3) is 0 Å². The molecule has 2 heterocycles. The van der Waals surface area contributed by atoms with Gasteiger partial charge in [0.05, 0.1) is 5.69 Å². The van der Waals surface area contributed by atoms with Crippen molar-refractivity contribution in [1.82, 2.24) is 14.9 Å². The van der Waals surface area contributed by atoms with Crippen LogP contribution in [0.1, 0.15) is 5.69 Å². The Hall–Kier alpha value is 0.250. The summed E-state index contributed by atoms with van der Waals surface area (Å²) in [5.41, 5.74) is 1.34. The summed E-state index contributed by atoms with van der Waals surface area (Å²) >= 11 is 4.03. The molecular formula is C7H10IN3S. The number of hydrogen-bond acceptors (Lipinski definition) is 3. The number of hydrogen-bond donors (Lipinski definition) is 1. The van der Waals surface area contributed by atoms with Crippen LogP contribution in [0, 0.1) is 3.70 Å². The first-order valence-corrected chi connectivity index (χ1v) is 6.13. The van der Waals surface area contributed by atoms with E-state index >= 15 is 0 Å². The van der Waals surface area contributed by atoms with Gasteiger partial charge in [0.1, 0.15) is 3.70 Å².